The molecule has 0 amide bonds. The lowest BCUT2D eigenvalue weighted by molar-refractivity contribution is 0.295. The molecular formula is C38H33O4P. The average molecular weight is 585 g/mol. The van der Waals surface area contributed by atoms with E-state index in [1.54, 1.807) is 0 Å². The summed E-state index contributed by atoms with van der Waals surface area (Å²) in [6.45, 7) is 8.61. The van der Waals surface area contributed by atoms with E-state index in [2.05, 4.69) is 88.4 Å². The van der Waals surface area contributed by atoms with Crippen molar-refractivity contribution in [1.82, 2.24) is 0 Å². The summed E-state index contributed by atoms with van der Waals surface area (Å²) in [6, 6.07) is 36.8. The van der Waals surface area contributed by atoms with Crippen LogP contribution in [0.2, 0.25) is 0 Å². The molecule has 1 aliphatic heterocycles. The molecule has 0 radical (unpaired) electrons. The van der Waals surface area contributed by atoms with Gasteiger partial charge in [0, 0.05) is 22.3 Å². The SMILES string of the molecule is CC(C)c1ccccc1-c1cc2ccccc2c2c1OP(=O)(O)Oc1c(-c3ccccc3C(C)C)cc3ccccc3c1-2. The fourth-order valence-corrected chi connectivity index (χ4v) is 7.36. The Morgan fingerprint density at radius 1 is 0.535 bits per heavy atom. The van der Waals surface area contributed by atoms with Gasteiger partial charge in [0.05, 0.1) is 0 Å². The van der Waals surface area contributed by atoms with E-state index in [-0.39, 0.29) is 11.8 Å². The van der Waals surface area contributed by atoms with Crippen LogP contribution in [0.3, 0.4) is 0 Å². The molecule has 1 aliphatic rings. The molecule has 0 aromatic heterocycles. The Morgan fingerprint density at radius 3 is 1.33 bits per heavy atom. The summed E-state index contributed by atoms with van der Waals surface area (Å²) in [4.78, 5) is 11.4. The molecule has 0 saturated heterocycles. The fraction of sp³-hybridized carbons (Fsp3) is 0.158. The third-order valence-electron chi connectivity index (χ3n) is 8.41. The van der Waals surface area contributed by atoms with E-state index in [0.717, 1.165) is 66.1 Å². The van der Waals surface area contributed by atoms with Crippen molar-refractivity contribution in [2.24, 2.45) is 0 Å². The number of phosphoric ester groups is 1. The number of phosphoric acid groups is 1. The van der Waals surface area contributed by atoms with E-state index in [0.29, 0.717) is 11.5 Å². The van der Waals surface area contributed by atoms with Gasteiger partial charge >= 0.3 is 7.82 Å². The van der Waals surface area contributed by atoms with Crippen LogP contribution in [-0.2, 0) is 4.57 Å². The van der Waals surface area contributed by atoms with E-state index < -0.39 is 7.82 Å². The second-order valence-corrected chi connectivity index (χ2v) is 13.1. The van der Waals surface area contributed by atoms with Crippen LogP contribution in [0.15, 0.2) is 109 Å². The van der Waals surface area contributed by atoms with Crippen molar-refractivity contribution < 1.29 is 18.5 Å². The van der Waals surface area contributed by atoms with Crippen LogP contribution in [0.5, 0.6) is 11.5 Å². The van der Waals surface area contributed by atoms with Gasteiger partial charge in [-0.1, -0.05) is 125 Å². The summed E-state index contributed by atoms with van der Waals surface area (Å²) in [5.74, 6) is 1.17. The molecule has 0 fully saturated rings. The van der Waals surface area contributed by atoms with Crippen molar-refractivity contribution in [3.8, 4) is 44.9 Å². The minimum atomic E-state index is -4.62. The molecule has 214 valence electrons. The van der Waals surface area contributed by atoms with Crippen molar-refractivity contribution in [3.05, 3.63) is 120 Å². The molecule has 0 unspecified atom stereocenters. The zero-order valence-electron chi connectivity index (χ0n) is 24.7. The molecule has 0 aliphatic carbocycles. The van der Waals surface area contributed by atoms with E-state index >= 15 is 0 Å². The summed E-state index contributed by atoms with van der Waals surface area (Å²) in [6.07, 6.45) is 0. The molecular weight excluding hydrogens is 551 g/mol. The summed E-state index contributed by atoms with van der Waals surface area (Å²) < 4.78 is 26.3. The Bertz CT molecular complexity index is 1950. The van der Waals surface area contributed by atoms with Gasteiger partial charge in [0.1, 0.15) is 11.5 Å². The third kappa shape index (κ3) is 4.63. The lowest BCUT2D eigenvalue weighted by Gasteiger charge is -2.21. The molecule has 0 spiro atoms. The molecule has 6 aromatic carbocycles. The third-order valence-corrected chi connectivity index (χ3v) is 9.24. The first kappa shape index (κ1) is 27.5. The van der Waals surface area contributed by atoms with Crippen LogP contribution in [0.1, 0.15) is 50.7 Å². The monoisotopic (exact) mass is 584 g/mol. The largest absolute Gasteiger partial charge is 0.584 e. The summed E-state index contributed by atoms with van der Waals surface area (Å²) in [7, 11) is -4.62. The van der Waals surface area contributed by atoms with Crippen molar-refractivity contribution in [2.75, 3.05) is 0 Å². The Balaban J connectivity index is 1.71. The van der Waals surface area contributed by atoms with Gasteiger partial charge in [-0.05, 0) is 67.8 Å². The van der Waals surface area contributed by atoms with Crippen LogP contribution >= 0.6 is 7.82 Å². The summed E-state index contributed by atoms with van der Waals surface area (Å²) in [5.41, 5.74) is 7.24. The zero-order valence-corrected chi connectivity index (χ0v) is 25.6. The highest BCUT2D eigenvalue weighted by molar-refractivity contribution is 7.48. The molecule has 0 atom stereocenters. The number of benzene rings is 6. The minimum absolute atomic E-state index is 0.230. The number of hydrogen-bond donors (Lipinski definition) is 1. The van der Waals surface area contributed by atoms with Gasteiger partial charge in [0.2, 0.25) is 0 Å². The van der Waals surface area contributed by atoms with Gasteiger partial charge < -0.3 is 9.05 Å². The number of rotatable bonds is 4. The van der Waals surface area contributed by atoms with Crippen molar-refractivity contribution in [1.29, 1.82) is 0 Å². The predicted octanol–water partition coefficient (Wildman–Crippen LogP) is 11.1. The van der Waals surface area contributed by atoms with Crippen LogP contribution < -0.4 is 9.05 Å². The van der Waals surface area contributed by atoms with Gasteiger partial charge in [0.25, 0.3) is 0 Å². The van der Waals surface area contributed by atoms with Gasteiger partial charge in [-0.3, -0.25) is 4.89 Å². The fourth-order valence-electron chi connectivity index (χ4n) is 6.48. The quantitative estimate of drug-likeness (QED) is 0.209. The van der Waals surface area contributed by atoms with E-state index in [1.165, 1.54) is 0 Å². The van der Waals surface area contributed by atoms with Crippen LogP contribution in [0.25, 0.3) is 54.9 Å². The maximum atomic E-state index is 14.0. The molecule has 43 heavy (non-hydrogen) atoms. The van der Waals surface area contributed by atoms with E-state index in [4.69, 9.17) is 9.05 Å². The number of hydrogen-bond acceptors (Lipinski definition) is 3. The zero-order chi connectivity index (χ0) is 29.9. The Kier molecular flexibility index (Phi) is 6.65. The smallest absolute Gasteiger partial charge is 0.394 e. The van der Waals surface area contributed by atoms with Gasteiger partial charge in [-0.2, -0.15) is 0 Å². The first-order valence-electron chi connectivity index (χ1n) is 14.8. The normalized spacial score (nSPS) is 13.8. The molecule has 5 heteroatoms. The Labute approximate surface area is 252 Å². The average Bonchev–Trinajstić information content (AvgIpc) is 3.13. The Morgan fingerprint density at radius 2 is 0.907 bits per heavy atom. The molecule has 7 rings (SSSR count). The molecule has 4 nitrogen and oxygen atoms in total. The molecule has 6 aromatic rings. The first-order valence-corrected chi connectivity index (χ1v) is 16.3. The van der Waals surface area contributed by atoms with Gasteiger partial charge in [-0.15, -0.1) is 0 Å². The van der Waals surface area contributed by atoms with Crippen molar-refractivity contribution >= 4 is 29.4 Å². The van der Waals surface area contributed by atoms with Crippen molar-refractivity contribution in [3.63, 3.8) is 0 Å². The summed E-state index contributed by atoms with van der Waals surface area (Å²) in [5, 5.41) is 3.87. The summed E-state index contributed by atoms with van der Waals surface area (Å²) >= 11 is 0. The standard InChI is InChI=1S/C38H33O4P/c1-23(2)27-15-9-11-19-31(27)33-21-25-13-5-7-17-29(25)35-36-30-18-8-6-14-26(30)22-34(32-20-12-10-16-28(32)24(3)4)38(36)42-43(39,40)41-37(33)35/h5-24H,1-4H3,(H,39,40). The molecule has 0 saturated carbocycles. The van der Waals surface area contributed by atoms with Crippen LogP contribution in [0.4, 0.5) is 0 Å². The lowest BCUT2D eigenvalue weighted by Crippen LogP contribution is -2.01. The topological polar surface area (TPSA) is 55.8 Å². The minimum Gasteiger partial charge on any atom is -0.394 e. The number of fused-ring (bicyclic) bond motifs is 7. The first-order chi connectivity index (χ1) is 20.7. The maximum absolute atomic E-state index is 14.0. The highest BCUT2D eigenvalue weighted by Gasteiger charge is 2.38. The second kappa shape index (κ2) is 10.4. The predicted molar refractivity (Wildman–Crippen MR) is 177 cm³/mol. The maximum Gasteiger partial charge on any atom is 0.584 e. The van der Waals surface area contributed by atoms with Gasteiger partial charge in [-0.25, -0.2) is 4.57 Å². The van der Waals surface area contributed by atoms with Crippen LogP contribution in [-0.4, -0.2) is 4.89 Å². The molecule has 1 N–H and O–H groups in total. The highest BCUT2D eigenvalue weighted by Crippen LogP contribution is 2.62. The van der Waals surface area contributed by atoms with E-state index in [1.807, 2.05) is 48.5 Å². The second-order valence-electron chi connectivity index (χ2n) is 11.8. The lowest BCUT2D eigenvalue weighted by atomic mass is 9.84. The Hall–Kier alpha value is -4.37. The van der Waals surface area contributed by atoms with Crippen LogP contribution in [0, 0.1) is 0 Å². The molecule has 0 bridgehead atoms. The van der Waals surface area contributed by atoms with Gasteiger partial charge in [0.15, 0.2) is 0 Å². The van der Waals surface area contributed by atoms with E-state index in [9.17, 15) is 9.46 Å². The highest BCUT2D eigenvalue weighted by atomic mass is 31.2. The van der Waals surface area contributed by atoms with Crippen molar-refractivity contribution in [2.45, 2.75) is 39.5 Å². The molecule has 1 heterocycles.